The highest BCUT2D eigenvalue weighted by molar-refractivity contribution is 5.65. The van der Waals surface area contributed by atoms with E-state index in [0.29, 0.717) is 11.3 Å². The molecule has 1 heterocycles. The predicted octanol–water partition coefficient (Wildman–Crippen LogP) is 3.96. The van der Waals surface area contributed by atoms with Crippen LogP contribution in [0, 0.1) is 6.92 Å². The van der Waals surface area contributed by atoms with E-state index in [9.17, 15) is 13.2 Å². The van der Waals surface area contributed by atoms with Gasteiger partial charge in [-0.2, -0.15) is 18.2 Å². The molecule has 1 aromatic carbocycles. The van der Waals surface area contributed by atoms with Gasteiger partial charge in [-0.05, 0) is 24.6 Å². The number of hydrogen-bond acceptors (Lipinski definition) is 4. The van der Waals surface area contributed by atoms with Crippen molar-refractivity contribution in [2.75, 3.05) is 11.5 Å². The number of benzene rings is 1. The fourth-order valence-electron chi connectivity index (χ4n) is 2.31. The zero-order valence-electron chi connectivity index (χ0n) is 13.6. The fraction of sp³-hybridized carbons (Fsp3) is 0.294. The summed E-state index contributed by atoms with van der Waals surface area (Å²) in [5.74, 6) is 0.364. The smallest absolute Gasteiger partial charge is 0.383 e. The van der Waals surface area contributed by atoms with Crippen molar-refractivity contribution in [2.45, 2.75) is 32.4 Å². The van der Waals surface area contributed by atoms with Gasteiger partial charge in [0.25, 0.3) is 0 Å². The van der Waals surface area contributed by atoms with E-state index in [4.69, 9.17) is 11.5 Å². The van der Waals surface area contributed by atoms with E-state index in [1.165, 1.54) is 12.1 Å². The maximum absolute atomic E-state index is 12.7. The van der Waals surface area contributed by atoms with Gasteiger partial charge in [-0.3, -0.25) is 0 Å². The Hall–Kier alpha value is -2.57. The van der Waals surface area contributed by atoms with Crippen molar-refractivity contribution in [2.24, 2.45) is 0 Å². The minimum atomic E-state index is -4.34. The lowest BCUT2D eigenvalue weighted by atomic mass is 9.83. The first-order chi connectivity index (χ1) is 11.0. The van der Waals surface area contributed by atoms with Gasteiger partial charge in [-0.15, -0.1) is 0 Å². The minimum absolute atomic E-state index is 0.101. The van der Waals surface area contributed by atoms with Crippen molar-refractivity contribution < 1.29 is 13.2 Å². The van der Waals surface area contributed by atoms with Crippen LogP contribution in [0.2, 0.25) is 0 Å². The average molecular weight is 336 g/mol. The van der Waals surface area contributed by atoms with Crippen LogP contribution in [0.5, 0.6) is 0 Å². The number of nitrogen functional groups attached to an aromatic ring is 2. The Morgan fingerprint density at radius 3 is 2.00 bits per heavy atom. The molecule has 0 amide bonds. The number of alkyl halides is 3. The van der Waals surface area contributed by atoms with Gasteiger partial charge in [0.1, 0.15) is 5.82 Å². The van der Waals surface area contributed by atoms with Crippen molar-refractivity contribution in [3.63, 3.8) is 0 Å². The molecule has 0 saturated carbocycles. The van der Waals surface area contributed by atoms with E-state index in [1.54, 1.807) is 13.0 Å². The standard InChI is InChI=1S/C17H19F3N4/c1-10-13(14(21)24-15(22)23-10)8-9-16(2,3)11-4-6-12(7-5-11)17(18,19)20/h4-9H,1-3H3,(H4,21,22,23,24)/b9-8-. The van der Waals surface area contributed by atoms with E-state index in [1.807, 2.05) is 19.9 Å². The molecule has 0 aliphatic rings. The van der Waals surface area contributed by atoms with Crippen LogP contribution in [0.3, 0.4) is 0 Å². The van der Waals surface area contributed by atoms with Crippen LogP contribution in [-0.4, -0.2) is 9.97 Å². The summed E-state index contributed by atoms with van der Waals surface area (Å²) in [4.78, 5) is 7.97. The number of halogens is 3. The summed E-state index contributed by atoms with van der Waals surface area (Å²) in [6, 6.07) is 5.11. The Balaban J connectivity index is 2.31. The van der Waals surface area contributed by atoms with Gasteiger partial charge in [0.15, 0.2) is 0 Å². The van der Waals surface area contributed by atoms with Gasteiger partial charge < -0.3 is 11.5 Å². The van der Waals surface area contributed by atoms with Crippen molar-refractivity contribution in [3.8, 4) is 0 Å². The summed E-state index contributed by atoms with van der Waals surface area (Å²) < 4.78 is 38.0. The number of nitrogens with zero attached hydrogens (tertiary/aromatic N) is 2. The van der Waals surface area contributed by atoms with Gasteiger partial charge in [-0.1, -0.05) is 38.1 Å². The number of aromatic nitrogens is 2. The van der Waals surface area contributed by atoms with Crippen molar-refractivity contribution >= 4 is 17.8 Å². The highest BCUT2D eigenvalue weighted by Gasteiger charge is 2.30. The Morgan fingerprint density at radius 2 is 1.50 bits per heavy atom. The fourth-order valence-corrected chi connectivity index (χ4v) is 2.31. The van der Waals surface area contributed by atoms with E-state index in [-0.39, 0.29) is 11.8 Å². The zero-order valence-corrected chi connectivity index (χ0v) is 13.6. The summed E-state index contributed by atoms with van der Waals surface area (Å²) in [6.07, 6.45) is -0.721. The molecule has 0 saturated heterocycles. The Labute approximate surface area is 138 Å². The molecule has 1 aromatic heterocycles. The van der Waals surface area contributed by atoms with Gasteiger partial charge in [0.2, 0.25) is 5.95 Å². The first kappa shape index (κ1) is 17.8. The molecule has 7 heteroatoms. The van der Waals surface area contributed by atoms with Crippen LogP contribution in [-0.2, 0) is 11.6 Å². The van der Waals surface area contributed by atoms with E-state index < -0.39 is 17.2 Å². The number of anilines is 2. The van der Waals surface area contributed by atoms with Crippen LogP contribution in [0.1, 0.15) is 36.2 Å². The maximum atomic E-state index is 12.7. The molecule has 0 aliphatic carbocycles. The molecule has 4 N–H and O–H groups in total. The summed E-state index contributed by atoms with van der Waals surface area (Å²) >= 11 is 0. The molecule has 0 spiro atoms. The molecule has 2 aromatic rings. The number of rotatable bonds is 3. The van der Waals surface area contributed by atoms with Crippen molar-refractivity contribution in [3.05, 3.63) is 52.7 Å². The number of aryl methyl sites for hydroxylation is 1. The summed E-state index contributed by atoms with van der Waals surface area (Å²) in [6.45, 7) is 5.56. The molecule has 0 unspecified atom stereocenters. The zero-order chi connectivity index (χ0) is 18.1. The Kier molecular flexibility index (Phi) is 4.55. The molecular formula is C17H19F3N4. The normalized spacial score (nSPS) is 12.8. The van der Waals surface area contributed by atoms with E-state index in [2.05, 4.69) is 9.97 Å². The quantitative estimate of drug-likeness (QED) is 0.889. The Morgan fingerprint density at radius 1 is 0.958 bits per heavy atom. The van der Waals surface area contributed by atoms with E-state index >= 15 is 0 Å². The Bertz CT molecular complexity index is 739. The number of allylic oxidation sites excluding steroid dienone is 1. The van der Waals surface area contributed by atoms with Gasteiger partial charge >= 0.3 is 6.18 Å². The first-order valence-electron chi connectivity index (χ1n) is 7.27. The molecular weight excluding hydrogens is 317 g/mol. The number of nitrogens with two attached hydrogens (primary N) is 2. The second-order valence-electron chi connectivity index (χ2n) is 6.10. The first-order valence-corrected chi connectivity index (χ1v) is 7.27. The van der Waals surface area contributed by atoms with Crippen LogP contribution < -0.4 is 11.5 Å². The van der Waals surface area contributed by atoms with Gasteiger partial charge in [0, 0.05) is 11.0 Å². The van der Waals surface area contributed by atoms with Crippen LogP contribution in [0.4, 0.5) is 24.9 Å². The van der Waals surface area contributed by atoms with Crippen LogP contribution in [0.15, 0.2) is 30.3 Å². The molecule has 128 valence electrons. The van der Waals surface area contributed by atoms with Crippen LogP contribution >= 0.6 is 0 Å². The highest BCUT2D eigenvalue weighted by Crippen LogP contribution is 2.32. The maximum Gasteiger partial charge on any atom is 0.416 e. The molecule has 0 radical (unpaired) electrons. The highest BCUT2D eigenvalue weighted by atomic mass is 19.4. The van der Waals surface area contributed by atoms with Crippen LogP contribution in [0.25, 0.3) is 6.08 Å². The molecule has 0 atom stereocenters. The molecule has 24 heavy (non-hydrogen) atoms. The second-order valence-corrected chi connectivity index (χ2v) is 6.10. The summed E-state index contributed by atoms with van der Waals surface area (Å²) in [7, 11) is 0. The molecule has 0 bridgehead atoms. The molecule has 2 rings (SSSR count). The monoisotopic (exact) mass is 336 g/mol. The largest absolute Gasteiger partial charge is 0.416 e. The summed E-state index contributed by atoms with van der Waals surface area (Å²) in [5.41, 5.74) is 12.2. The summed E-state index contributed by atoms with van der Waals surface area (Å²) in [5, 5.41) is 0. The van der Waals surface area contributed by atoms with Crippen molar-refractivity contribution in [1.29, 1.82) is 0 Å². The SMILES string of the molecule is Cc1nc(N)nc(N)c1/C=C\C(C)(C)c1ccc(C(F)(F)F)cc1. The van der Waals surface area contributed by atoms with Gasteiger partial charge in [0.05, 0.1) is 11.3 Å². The third-order valence-electron chi connectivity index (χ3n) is 3.81. The van der Waals surface area contributed by atoms with E-state index in [0.717, 1.165) is 17.7 Å². The average Bonchev–Trinajstić information content (AvgIpc) is 2.45. The molecule has 0 aliphatic heterocycles. The lowest BCUT2D eigenvalue weighted by Gasteiger charge is -2.22. The van der Waals surface area contributed by atoms with Gasteiger partial charge in [-0.25, -0.2) is 4.98 Å². The third kappa shape index (κ3) is 3.84. The predicted molar refractivity (Wildman–Crippen MR) is 89.1 cm³/mol. The molecule has 4 nitrogen and oxygen atoms in total. The topological polar surface area (TPSA) is 77.8 Å². The minimum Gasteiger partial charge on any atom is -0.383 e. The molecule has 0 fully saturated rings. The lowest BCUT2D eigenvalue weighted by Crippen LogP contribution is -2.14. The lowest BCUT2D eigenvalue weighted by molar-refractivity contribution is -0.137. The third-order valence-corrected chi connectivity index (χ3v) is 3.81. The number of hydrogen-bond donors (Lipinski definition) is 2. The second kappa shape index (κ2) is 6.14. The van der Waals surface area contributed by atoms with Crippen molar-refractivity contribution in [1.82, 2.24) is 9.97 Å².